The summed E-state index contributed by atoms with van der Waals surface area (Å²) in [5, 5.41) is 3.76. The normalized spacial score (nSPS) is 15.1. The summed E-state index contributed by atoms with van der Waals surface area (Å²) in [6.07, 6.45) is 0.981. The quantitative estimate of drug-likeness (QED) is 0.689. The highest BCUT2D eigenvalue weighted by molar-refractivity contribution is 7.21. The number of hydrogen-bond donors (Lipinski definition) is 1. The van der Waals surface area contributed by atoms with E-state index in [1.807, 2.05) is 19.1 Å². The number of aryl methyl sites for hydroxylation is 1. The number of ether oxygens (including phenoxy) is 1. The van der Waals surface area contributed by atoms with Crippen LogP contribution >= 0.6 is 11.3 Å². The molecule has 0 atom stereocenters. The van der Waals surface area contributed by atoms with Crippen LogP contribution in [0.25, 0.3) is 10.1 Å². The van der Waals surface area contributed by atoms with Crippen molar-refractivity contribution in [2.75, 3.05) is 38.2 Å². The molecule has 0 saturated carbocycles. The highest BCUT2D eigenvalue weighted by Gasteiger charge is 2.16. The van der Waals surface area contributed by atoms with Crippen LogP contribution in [0.15, 0.2) is 42.5 Å². The summed E-state index contributed by atoms with van der Waals surface area (Å²) in [5.41, 5.74) is 2.83. The van der Waals surface area contributed by atoms with E-state index < -0.39 is 0 Å². The summed E-state index contributed by atoms with van der Waals surface area (Å²) in [5.74, 6) is -0.437. The summed E-state index contributed by atoms with van der Waals surface area (Å²) < 4.78 is 19.8. The molecule has 2 aromatic carbocycles. The number of nitrogens with one attached hydrogen (secondary N) is 1. The fourth-order valence-electron chi connectivity index (χ4n) is 3.46. The van der Waals surface area contributed by atoms with E-state index in [1.165, 1.54) is 29.0 Å². The fraction of sp³-hybridized carbons (Fsp3) is 0.318. The molecule has 1 N–H and O–H groups in total. The second kappa shape index (κ2) is 8.39. The molecule has 3 aromatic rings. The Morgan fingerprint density at radius 1 is 1.18 bits per heavy atom. The number of carbonyl (C=O) groups excluding carboxylic acids is 1. The zero-order chi connectivity index (χ0) is 19.5. The van der Waals surface area contributed by atoms with Gasteiger partial charge in [-0.2, -0.15) is 0 Å². The number of carbonyl (C=O) groups is 1. The Hall–Kier alpha value is -2.28. The molecule has 1 amide bonds. The van der Waals surface area contributed by atoms with Crippen molar-refractivity contribution in [2.24, 2.45) is 0 Å². The molecular weight excluding hydrogens is 375 g/mol. The maximum absolute atomic E-state index is 13.5. The predicted octanol–water partition coefficient (Wildman–Crippen LogP) is 4.48. The minimum Gasteiger partial charge on any atom is -0.379 e. The Balaban J connectivity index is 1.40. The Kier molecular flexibility index (Phi) is 5.71. The third-order valence-electron chi connectivity index (χ3n) is 5.14. The fourth-order valence-corrected chi connectivity index (χ4v) is 4.55. The monoisotopic (exact) mass is 398 g/mol. The minimum absolute atomic E-state index is 0.153. The van der Waals surface area contributed by atoms with Crippen LogP contribution in [0.4, 0.5) is 10.1 Å². The molecule has 1 aromatic heterocycles. The molecule has 1 fully saturated rings. The lowest BCUT2D eigenvalue weighted by atomic mass is 10.1. The Labute approximate surface area is 167 Å². The average molecular weight is 399 g/mol. The molecule has 0 spiro atoms. The van der Waals surface area contributed by atoms with Crippen molar-refractivity contribution in [1.29, 1.82) is 0 Å². The summed E-state index contributed by atoms with van der Waals surface area (Å²) in [7, 11) is 0. The molecule has 6 heteroatoms. The zero-order valence-electron chi connectivity index (χ0n) is 15.8. The number of nitrogens with zero attached hydrogens (tertiary/aromatic N) is 1. The number of halogens is 1. The van der Waals surface area contributed by atoms with Crippen molar-refractivity contribution >= 4 is 33.0 Å². The summed E-state index contributed by atoms with van der Waals surface area (Å²) >= 11 is 1.39. The highest BCUT2D eigenvalue weighted by Crippen LogP contribution is 2.31. The smallest absolute Gasteiger partial charge is 0.266 e. The van der Waals surface area contributed by atoms with Crippen LogP contribution in [0, 0.1) is 12.7 Å². The number of benzene rings is 2. The lowest BCUT2D eigenvalue weighted by molar-refractivity contribution is 0.0384. The number of thiophene rings is 1. The Morgan fingerprint density at radius 2 is 1.93 bits per heavy atom. The number of anilines is 1. The van der Waals surface area contributed by atoms with Crippen LogP contribution in [0.2, 0.25) is 0 Å². The van der Waals surface area contributed by atoms with Crippen molar-refractivity contribution < 1.29 is 13.9 Å². The second-order valence-electron chi connectivity index (χ2n) is 7.05. The molecule has 2 heterocycles. The number of rotatable bonds is 5. The Bertz CT molecular complexity index is 978. The summed E-state index contributed by atoms with van der Waals surface area (Å²) in [6, 6.07) is 12.6. The molecule has 1 aliphatic heterocycles. The number of hydrogen-bond acceptors (Lipinski definition) is 4. The van der Waals surface area contributed by atoms with Crippen molar-refractivity contribution in [1.82, 2.24) is 4.90 Å². The van der Waals surface area contributed by atoms with Gasteiger partial charge in [0.05, 0.1) is 18.1 Å². The van der Waals surface area contributed by atoms with Crippen molar-refractivity contribution in [3.05, 3.63) is 64.3 Å². The van der Waals surface area contributed by atoms with Crippen LogP contribution in [-0.2, 0) is 11.2 Å². The van der Waals surface area contributed by atoms with E-state index in [-0.39, 0.29) is 11.7 Å². The van der Waals surface area contributed by atoms with Crippen LogP contribution in [0.1, 0.15) is 20.8 Å². The molecule has 28 heavy (non-hydrogen) atoms. The molecule has 0 bridgehead atoms. The highest BCUT2D eigenvalue weighted by atomic mass is 32.1. The molecule has 4 rings (SSSR count). The minimum atomic E-state index is -0.284. The molecule has 0 aliphatic carbocycles. The molecule has 0 unspecified atom stereocenters. The van der Waals surface area contributed by atoms with E-state index in [4.69, 9.17) is 4.74 Å². The second-order valence-corrected chi connectivity index (χ2v) is 8.10. The SMILES string of the molecule is Cc1c(C(=O)Nc2ccc(CCN3CCOCC3)cc2)sc2ccc(F)cc12. The number of amides is 1. The van der Waals surface area contributed by atoms with Gasteiger partial charge < -0.3 is 10.1 Å². The largest absolute Gasteiger partial charge is 0.379 e. The lowest BCUT2D eigenvalue weighted by Gasteiger charge is -2.26. The maximum atomic E-state index is 13.5. The Morgan fingerprint density at radius 3 is 2.68 bits per heavy atom. The number of fused-ring (bicyclic) bond motifs is 1. The topological polar surface area (TPSA) is 41.6 Å². The first-order valence-corrected chi connectivity index (χ1v) is 10.3. The van der Waals surface area contributed by atoms with Crippen LogP contribution in [-0.4, -0.2) is 43.7 Å². The van der Waals surface area contributed by atoms with E-state index in [1.54, 1.807) is 6.07 Å². The van der Waals surface area contributed by atoms with Gasteiger partial charge in [0.15, 0.2) is 0 Å². The van der Waals surface area contributed by atoms with Gasteiger partial charge in [-0.25, -0.2) is 4.39 Å². The maximum Gasteiger partial charge on any atom is 0.266 e. The summed E-state index contributed by atoms with van der Waals surface area (Å²) in [6.45, 7) is 6.50. The number of morpholine rings is 1. The summed E-state index contributed by atoms with van der Waals surface area (Å²) in [4.78, 5) is 15.7. The van der Waals surface area contributed by atoms with Gasteiger partial charge in [-0.1, -0.05) is 12.1 Å². The third-order valence-corrected chi connectivity index (χ3v) is 6.41. The van der Waals surface area contributed by atoms with Crippen molar-refractivity contribution in [2.45, 2.75) is 13.3 Å². The predicted molar refractivity (Wildman–Crippen MR) is 112 cm³/mol. The molecule has 1 aliphatic rings. The van der Waals surface area contributed by atoms with Crippen molar-refractivity contribution in [3.8, 4) is 0 Å². The van der Waals surface area contributed by atoms with Gasteiger partial charge in [0.2, 0.25) is 0 Å². The van der Waals surface area contributed by atoms with Crippen LogP contribution < -0.4 is 5.32 Å². The standard InChI is InChI=1S/C22H23FN2O2S/c1-15-19-14-17(23)4-7-20(19)28-21(15)22(26)24-18-5-2-16(3-6-18)8-9-25-10-12-27-13-11-25/h2-7,14H,8-13H2,1H3,(H,24,26). The first kappa shape index (κ1) is 19.1. The van der Waals surface area contributed by atoms with E-state index in [0.29, 0.717) is 4.88 Å². The van der Waals surface area contributed by atoms with Crippen LogP contribution in [0.5, 0.6) is 0 Å². The van der Waals surface area contributed by atoms with Gasteiger partial charge in [0.1, 0.15) is 5.82 Å². The van der Waals surface area contributed by atoms with E-state index in [9.17, 15) is 9.18 Å². The van der Waals surface area contributed by atoms with Gasteiger partial charge >= 0.3 is 0 Å². The first-order chi connectivity index (χ1) is 13.6. The van der Waals surface area contributed by atoms with E-state index in [0.717, 1.165) is 60.6 Å². The van der Waals surface area contributed by atoms with Gasteiger partial charge in [0.25, 0.3) is 5.91 Å². The third kappa shape index (κ3) is 4.24. The van der Waals surface area contributed by atoms with Gasteiger partial charge in [-0.3, -0.25) is 9.69 Å². The average Bonchev–Trinajstić information content (AvgIpc) is 3.04. The van der Waals surface area contributed by atoms with E-state index in [2.05, 4.69) is 22.3 Å². The van der Waals surface area contributed by atoms with Crippen molar-refractivity contribution in [3.63, 3.8) is 0 Å². The van der Waals surface area contributed by atoms with E-state index >= 15 is 0 Å². The van der Waals surface area contributed by atoms with Gasteiger partial charge in [0, 0.05) is 30.0 Å². The lowest BCUT2D eigenvalue weighted by Crippen LogP contribution is -2.37. The molecule has 146 valence electrons. The molecule has 0 radical (unpaired) electrons. The molecule has 4 nitrogen and oxygen atoms in total. The van der Waals surface area contributed by atoms with Crippen LogP contribution in [0.3, 0.4) is 0 Å². The zero-order valence-corrected chi connectivity index (χ0v) is 16.7. The van der Waals surface area contributed by atoms with Gasteiger partial charge in [-0.15, -0.1) is 11.3 Å². The van der Waals surface area contributed by atoms with Gasteiger partial charge in [-0.05, 0) is 60.2 Å². The molecular formula is C22H23FN2O2S. The molecule has 1 saturated heterocycles. The first-order valence-electron chi connectivity index (χ1n) is 9.49.